The smallest absolute Gasteiger partial charge is 0.204 e. The van der Waals surface area contributed by atoms with Crippen molar-refractivity contribution in [3.63, 3.8) is 0 Å². The number of tetrazole rings is 1. The lowest BCUT2D eigenvalue weighted by molar-refractivity contribution is 0.319. The van der Waals surface area contributed by atoms with Gasteiger partial charge in [-0.05, 0) is 22.6 Å². The highest BCUT2D eigenvalue weighted by atomic mass is 19.1. The Kier molecular flexibility index (Phi) is 2.59. The molecule has 0 fully saturated rings. The molecule has 82 valence electrons. The van der Waals surface area contributed by atoms with Gasteiger partial charge in [0.05, 0.1) is 0 Å². The van der Waals surface area contributed by atoms with Crippen LogP contribution in [0.15, 0.2) is 29.4 Å². The predicted molar refractivity (Wildman–Crippen MR) is 52.6 cm³/mol. The Bertz CT molecular complexity index is 536. The maximum absolute atomic E-state index is 13.0. The minimum absolute atomic E-state index is 0.118. The monoisotopic (exact) mass is 221 g/mol. The van der Waals surface area contributed by atoms with Crippen LogP contribution in [0, 0.1) is 5.82 Å². The van der Waals surface area contributed by atoms with Crippen LogP contribution in [-0.2, 0) is 7.05 Å². The SMILES string of the molecule is Cn1nnnc1/C(=N/O)c1cccc(F)c1. The lowest BCUT2D eigenvalue weighted by atomic mass is 10.1. The number of aromatic nitrogens is 4. The number of hydrogen-bond acceptors (Lipinski definition) is 5. The van der Waals surface area contributed by atoms with Gasteiger partial charge >= 0.3 is 0 Å². The van der Waals surface area contributed by atoms with Crippen molar-refractivity contribution in [1.82, 2.24) is 20.2 Å². The zero-order valence-corrected chi connectivity index (χ0v) is 8.37. The first-order valence-corrected chi connectivity index (χ1v) is 4.43. The first kappa shape index (κ1) is 10.2. The van der Waals surface area contributed by atoms with Gasteiger partial charge in [0.15, 0.2) is 5.71 Å². The van der Waals surface area contributed by atoms with Crippen molar-refractivity contribution in [3.8, 4) is 0 Å². The molecular formula is C9H8FN5O. The third-order valence-electron chi connectivity index (χ3n) is 2.03. The third-order valence-corrected chi connectivity index (χ3v) is 2.03. The number of aryl methyl sites for hydroxylation is 1. The number of benzene rings is 1. The van der Waals surface area contributed by atoms with E-state index < -0.39 is 5.82 Å². The van der Waals surface area contributed by atoms with Crippen LogP contribution in [0.1, 0.15) is 11.4 Å². The second-order valence-corrected chi connectivity index (χ2v) is 3.09. The Labute approximate surface area is 90.0 Å². The first-order chi connectivity index (χ1) is 7.72. The van der Waals surface area contributed by atoms with Crippen LogP contribution in [0.3, 0.4) is 0 Å². The molecule has 0 bridgehead atoms. The maximum atomic E-state index is 13.0. The molecule has 0 saturated carbocycles. The van der Waals surface area contributed by atoms with Gasteiger partial charge in [0, 0.05) is 12.6 Å². The predicted octanol–water partition coefficient (Wildman–Crippen LogP) is 0.576. The Morgan fingerprint density at radius 3 is 2.88 bits per heavy atom. The highest BCUT2D eigenvalue weighted by Gasteiger charge is 2.14. The molecule has 0 unspecified atom stereocenters. The van der Waals surface area contributed by atoms with Crippen molar-refractivity contribution in [3.05, 3.63) is 41.5 Å². The van der Waals surface area contributed by atoms with Gasteiger partial charge in [0.1, 0.15) is 5.82 Å². The summed E-state index contributed by atoms with van der Waals surface area (Å²) in [4.78, 5) is 0. The second-order valence-electron chi connectivity index (χ2n) is 3.09. The third kappa shape index (κ3) is 1.74. The molecule has 16 heavy (non-hydrogen) atoms. The molecule has 0 aliphatic heterocycles. The Morgan fingerprint density at radius 1 is 1.50 bits per heavy atom. The molecule has 0 amide bonds. The molecule has 0 atom stereocenters. The van der Waals surface area contributed by atoms with Gasteiger partial charge in [0.2, 0.25) is 5.82 Å². The Balaban J connectivity index is 2.50. The van der Waals surface area contributed by atoms with Crippen LogP contribution < -0.4 is 0 Å². The largest absolute Gasteiger partial charge is 0.410 e. The lowest BCUT2D eigenvalue weighted by Crippen LogP contribution is -2.11. The molecule has 0 radical (unpaired) electrons. The molecule has 0 aliphatic carbocycles. The van der Waals surface area contributed by atoms with Gasteiger partial charge in [-0.3, -0.25) is 0 Å². The summed E-state index contributed by atoms with van der Waals surface area (Å²) in [5, 5.41) is 22.7. The van der Waals surface area contributed by atoms with E-state index in [0.29, 0.717) is 5.56 Å². The van der Waals surface area contributed by atoms with E-state index in [0.717, 1.165) is 0 Å². The summed E-state index contributed by atoms with van der Waals surface area (Å²) >= 11 is 0. The highest BCUT2D eigenvalue weighted by molar-refractivity contribution is 6.10. The van der Waals surface area contributed by atoms with Crippen molar-refractivity contribution in [1.29, 1.82) is 0 Å². The van der Waals surface area contributed by atoms with Crippen molar-refractivity contribution in [2.75, 3.05) is 0 Å². The van der Waals surface area contributed by atoms with Crippen molar-refractivity contribution in [2.24, 2.45) is 12.2 Å². The van der Waals surface area contributed by atoms with E-state index in [1.807, 2.05) is 0 Å². The van der Waals surface area contributed by atoms with Crippen molar-refractivity contribution in [2.45, 2.75) is 0 Å². The summed E-state index contributed by atoms with van der Waals surface area (Å²) in [6.45, 7) is 0. The number of rotatable bonds is 2. The average Bonchev–Trinajstić information content (AvgIpc) is 2.67. The molecule has 0 aliphatic rings. The summed E-state index contributed by atoms with van der Waals surface area (Å²) in [7, 11) is 1.60. The van der Waals surface area contributed by atoms with Crippen LogP contribution >= 0.6 is 0 Å². The zero-order valence-electron chi connectivity index (χ0n) is 8.37. The number of halogens is 1. The Hall–Kier alpha value is -2.31. The topological polar surface area (TPSA) is 76.2 Å². The standard InChI is InChI=1S/C9H8FN5O/c1-15-9(11-13-14-15)8(12-16)6-3-2-4-7(10)5-6/h2-5,16H,1H3/b12-8+. The fraction of sp³-hybridized carbons (Fsp3) is 0.111. The summed E-state index contributed by atoms with van der Waals surface area (Å²) in [6, 6.07) is 5.66. The van der Waals surface area contributed by atoms with Crippen molar-refractivity contribution >= 4 is 5.71 Å². The molecule has 0 saturated heterocycles. The van der Waals surface area contributed by atoms with Crippen molar-refractivity contribution < 1.29 is 9.60 Å². The lowest BCUT2D eigenvalue weighted by Gasteiger charge is -2.02. The molecule has 1 heterocycles. The van der Waals surface area contributed by atoms with E-state index in [1.54, 1.807) is 13.1 Å². The molecular weight excluding hydrogens is 213 g/mol. The maximum Gasteiger partial charge on any atom is 0.204 e. The molecule has 2 rings (SSSR count). The van der Waals surface area contributed by atoms with Gasteiger partial charge in [-0.25, -0.2) is 9.07 Å². The van der Waals surface area contributed by atoms with E-state index in [4.69, 9.17) is 5.21 Å². The molecule has 0 spiro atoms. The van der Waals surface area contributed by atoms with E-state index in [9.17, 15) is 4.39 Å². The van der Waals surface area contributed by atoms with E-state index in [2.05, 4.69) is 20.7 Å². The molecule has 6 nitrogen and oxygen atoms in total. The van der Waals surface area contributed by atoms with E-state index >= 15 is 0 Å². The highest BCUT2D eigenvalue weighted by Crippen LogP contribution is 2.09. The minimum Gasteiger partial charge on any atom is -0.410 e. The summed E-state index contributed by atoms with van der Waals surface area (Å²) in [5.74, 6) is -0.165. The van der Waals surface area contributed by atoms with E-state index in [-0.39, 0.29) is 11.5 Å². The van der Waals surface area contributed by atoms with Crippen LogP contribution in [0.4, 0.5) is 4.39 Å². The van der Waals surface area contributed by atoms with Crippen LogP contribution in [0.2, 0.25) is 0 Å². The molecule has 1 aromatic heterocycles. The van der Waals surface area contributed by atoms with Gasteiger partial charge in [0.25, 0.3) is 0 Å². The summed E-state index contributed by atoms with van der Waals surface area (Å²) < 4.78 is 14.3. The van der Waals surface area contributed by atoms with Gasteiger partial charge in [-0.1, -0.05) is 17.3 Å². The second kappa shape index (κ2) is 4.05. The number of nitrogens with zero attached hydrogens (tertiary/aromatic N) is 5. The zero-order chi connectivity index (χ0) is 11.5. The summed E-state index contributed by atoms with van der Waals surface area (Å²) in [5.41, 5.74) is 0.521. The van der Waals surface area contributed by atoms with Crippen LogP contribution in [0.5, 0.6) is 0 Å². The number of hydrogen-bond donors (Lipinski definition) is 1. The van der Waals surface area contributed by atoms with Gasteiger partial charge in [-0.2, -0.15) is 0 Å². The number of oxime groups is 1. The minimum atomic E-state index is -0.422. The summed E-state index contributed by atoms with van der Waals surface area (Å²) in [6.07, 6.45) is 0. The van der Waals surface area contributed by atoms with E-state index in [1.165, 1.54) is 22.9 Å². The molecule has 1 aromatic carbocycles. The molecule has 7 heteroatoms. The van der Waals surface area contributed by atoms with Gasteiger partial charge < -0.3 is 5.21 Å². The van der Waals surface area contributed by atoms with Gasteiger partial charge in [-0.15, -0.1) is 5.10 Å². The fourth-order valence-corrected chi connectivity index (χ4v) is 1.30. The average molecular weight is 221 g/mol. The first-order valence-electron chi connectivity index (χ1n) is 4.43. The molecule has 2 aromatic rings. The molecule has 1 N–H and O–H groups in total. The quantitative estimate of drug-likeness (QED) is 0.457. The fourth-order valence-electron chi connectivity index (χ4n) is 1.30. The Morgan fingerprint density at radius 2 is 2.31 bits per heavy atom. The normalized spacial score (nSPS) is 11.8. The van der Waals surface area contributed by atoms with Crippen LogP contribution in [0.25, 0.3) is 0 Å². The van der Waals surface area contributed by atoms with Crippen LogP contribution in [-0.4, -0.2) is 31.1 Å².